The highest BCUT2D eigenvalue weighted by atomic mass is 35.5. The lowest BCUT2D eigenvalue weighted by Crippen LogP contribution is -2.45. The fourth-order valence-electron chi connectivity index (χ4n) is 2.92. The van der Waals surface area contributed by atoms with E-state index in [1.54, 1.807) is 0 Å². The maximum Gasteiger partial charge on any atom is 0.223 e. The SMILES string of the molecule is CC(CN(C)Cc1ccccc1)NC(=O)C1CCNCC1.Cl. The molecule has 1 aliphatic heterocycles. The minimum absolute atomic E-state index is 0. The third kappa shape index (κ3) is 6.34. The molecule has 2 rings (SSSR count). The largest absolute Gasteiger partial charge is 0.352 e. The van der Waals surface area contributed by atoms with E-state index >= 15 is 0 Å². The highest BCUT2D eigenvalue weighted by Gasteiger charge is 2.22. The smallest absolute Gasteiger partial charge is 0.223 e. The van der Waals surface area contributed by atoms with Crippen LogP contribution in [-0.2, 0) is 11.3 Å². The Balaban J connectivity index is 0.00000242. The van der Waals surface area contributed by atoms with Crippen LogP contribution in [0.2, 0.25) is 0 Å². The summed E-state index contributed by atoms with van der Waals surface area (Å²) < 4.78 is 0. The maximum absolute atomic E-state index is 12.2. The molecule has 1 atom stereocenters. The molecule has 0 saturated carbocycles. The lowest BCUT2D eigenvalue weighted by Gasteiger charge is -2.26. The Morgan fingerprint density at radius 3 is 2.59 bits per heavy atom. The van der Waals surface area contributed by atoms with Crippen molar-refractivity contribution in [1.29, 1.82) is 0 Å². The summed E-state index contributed by atoms with van der Waals surface area (Å²) in [6.07, 6.45) is 1.91. The van der Waals surface area contributed by atoms with Crippen LogP contribution in [0.5, 0.6) is 0 Å². The summed E-state index contributed by atoms with van der Waals surface area (Å²) in [5, 5.41) is 6.45. The van der Waals surface area contributed by atoms with Gasteiger partial charge in [0.2, 0.25) is 5.91 Å². The molecule has 5 heteroatoms. The summed E-state index contributed by atoms with van der Waals surface area (Å²) >= 11 is 0. The minimum atomic E-state index is 0. The predicted octanol–water partition coefficient (Wildman–Crippen LogP) is 2.04. The van der Waals surface area contributed by atoms with Crippen LogP contribution in [0, 0.1) is 5.92 Å². The van der Waals surface area contributed by atoms with Gasteiger partial charge in [-0.1, -0.05) is 30.3 Å². The molecular weight excluding hydrogens is 298 g/mol. The number of benzene rings is 1. The molecule has 4 nitrogen and oxygen atoms in total. The van der Waals surface area contributed by atoms with E-state index in [0.717, 1.165) is 39.0 Å². The molecule has 1 aromatic rings. The van der Waals surface area contributed by atoms with Crippen molar-refractivity contribution in [3.63, 3.8) is 0 Å². The van der Waals surface area contributed by atoms with Crippen molar-refractivity contribution in [3.8, 4) is 0 Å². The average molecular weight is 326 g/mol. The zero-order valence-corrected chi connectivity index (χ0v) is 14.4. The fourth-order valence-corrected chi connectivity index (χ4v) is 2.92. The number of amides is 1. The first-order valence-electron chi connectivity index (χ1n) is 7.88. The van der Waals surface area contributed by atoms with Crippen LogP contribution in [0.1, 0.15) is 25.3 Å². The van der Waals surface area contributed by atoms with Crippen molar-refractivity contribution in [2.75, 3.05) is 26.7 Å². The van der Waals surface area contributed by atoms with Crippen molar-refractivity contribution >= 4 is 18.3 Å². The summed E-state index contributed by atoms with van der Waals surface area (Å²) in [6.45, 7) is 5.78. The molecular formula is C17H28ClN3O. The van der Waals surface area contributed by atoms with Gasteiger partial charge in [-0.15, -0.1) is 12.4 Å². The molecule has 0 aliphatic carbocycles. The Morgan fingerprint density at radius 2 is 1.95 bits per heavy atom. The number of carbonyl (C=O) groups excluding carboxylic acids is 1. The second-order valence-electron chi connectivity index (χ2n) is 6.12. The van der Waals surface area contributed by atoms with Crippen LogP contribution in [0.4, 0.5) is 0 Å². The molecule has 0 radical (unpaired) electrons. The van der Waals surface area contributed by atoms with E-state index in [0.29, 0.717) is 0 Å². The van der Waals surface area contributed by atoms with E-state index in [-0.39, 0.29) is 30.3 Å². The standard InChI is InChI=1S/C17H27N3O.ClH/c1-14(19-17(21)16-8-10-18-11-9-16)12-20(2)13-15-6-4-3-5-7-15;/h3-7,14,16,18H,8-13H2,1-2H3,(H,19,21);1H. The van der Waals surface area contributed by atoms with Gasteiger partial charge in [0, 0.05) is 25.0 Å². The van der Waals surface area contributed by atoms with Gasteiger partial charge in [-0.2, -0.15) is 0 Å². The Hall–Kier alpha value is -1.10. The van der Waals surface area contributed by atoms with Gasteiger partial charge in [0.1, 0.15) is 0 Å². The van der Waals surface area contributed by atoms with Crippen molar-refractivity contribution in [1.82, 2.24) is 15.5 Å². The number of carbonyl (C=O) groups is 1. The third-order valence-electron chi connectivity index (χ3n) is 3.98. The molecule has 1 fully saturated rings. The molecule has 124 valence electrons. The lowest BCUT2D eigenvalue weighted by molar-refractivity contribution is -0.126. The van der Waals surface area contributed by atoms with Gasteiger partial charge < -0.3 is 15.5 Å². The second-order valence-corrected chi connectivity index (χ2v) is 6.12. The zero-order valence-electron chi connectivity index (χ0n) is 13.5. The van der Waals surface area contributed by atoms with E-state index in [2.05, 4.69) is 53.8 Å². The average Bonchev–Trinajstić information content (AvgIpc) is 2.48. The van der Waals surface area contributed by atoms with Crippen LogP contribution in [0.3, 0.4) is 0 Å². The summed E-state index contributed by atoms with van der Waals surface area (Å²) in [4.78, 5) is 14.4. The Labute approximate surface area is 140 Å². The normalized spacial score (nSPS) is 16.9. The number of hydrogen-bond acceptors (Lipinski definition) is 3. The number of piperidine rings is 1. The molecule has 22 heavy (non-hydrogen) atoms. The molecule has 1 amide bonds. The highest BCUT2D eigenvalue weighted by Crippen LogP contribution is 2.12. The summed E-state index contributed by atoms with van der Waals surface area (Å²) in [6, 6.07) is 10.6. The number of rotatable bonds is 6. The first-order chi connectivity index (χ1) is 10.1. The topological polar surface area (TPSA) is 44.4 Å². The molecule has 1 saturated heterocycles. The Morgan fingerprint density at radius 1 is 1.32 bits per heavy atom. The van der Waals surface area contributed by atoms with Crippen LogP contribution in [0.25, 0.3) is 0 Å². The predicted molar refractivity (Wildman–Crippen MR) is 93.2 cm³/mol. The van der Waals surface area contributed by atoms with Crippen molar-refractivity contribution < 1.29 is 4.79 Å². The van der Waals surface area contributed by atoms with Gasteiger partial charge in [0.05, 0.1) is 0 Å². The van der Waals surface area contributed by atoms with Crippen molar-refractivity contribution in [2.45, 2.75) is 32.4 Å². The van der Waals surface area contributed by atoms with Gasteiger partial charge >= 0.3 is 0 Å². The monoisotopic (exact) mass is 325 g/mol. The molecule has 1 aliphatic rings. The van der Waals surface area contributed by atoms with Crippen LogP contribution in [-0.4, -0.2) is 43.5 Å². The number of likely N-dealkylation sites (N-methyl/N-ethyl adjacent to an activating group) is 1. The van der Waals surface area contributed by atoms with Crippen LogP contribution < -0.4 is 10.6 Å². The van der Waals surface area contributed by atoms with E-state index in [4.69, 9.17) is 0 Å². The minimum Gasteiger partial charge on any atom is -0.352 e. The van der Waals surface area contributed by atoms with Crippen LogP contribution >= 0.6 is 12.4 Å². The first kappa shape index (κ1) is 18.9. The zero-order chi connectivity index (χ0) is 15.1. The number of hydrogen-bond donors (Lipinski definition) is 2. The number of halogens is 1. The van der Waals surface area contributed by atoms with Crippen molar-refractivity contribution in [3.05, 3.63) is 35.9 Å². The van der Waals surface area contributed by atoms with Crippen molar-refractivity contribution in [2.24, 2.45) is 5.92 Å². The lowest BCUT2D eigenvalue weighted by atomic mass is 9.97. The number of nitrogens with zero attached hydrogens (tertiary/aromatic N) is 1. The van der Waals surface area contributed by atoms with Gasteiger partial charge in [-0.3, -0.25) is 4.79 Å². The van der Waals surface area contributed by atoms with Gasteiger partial charge in [0.25, 0.3) is 0 Å². The summed E-state index contributed by atoms with van der Waals surface area (Å²) in [5.74, 6) is 0.408. The first-order valence-corrected chi connectivity index (χ1v) is 7.88. The summed E-state index contributed by atoms with van der Waals surface area (Å²) in [7, 11) is 2.10. The van der Waals surface area contributed by atoms with Gasteiger partial charge in [0.15, 0.2) is 0 Å². The van der Waals surface area contributed by atoms with E-state index in [1.165, 1.54) is 5.56 Å². The third-order valence-corrected chi connectivity index (χ3v) is 3.98. The van der Waals surface area contributed by atoms with Gasteiger partial charge in [-0.25, -0.2) is 0 Å². The molecule has 0 bridgehead atoms. The molecule has 2 N–H and O–H groups in total. The van der Waals surface area contributed by atoms with Crippen LogP contribution in [0.15, 0.2) is 30.3 Å². The number of nitrogens with one attached hydrogen (secondary N) is 2. The molecule has 1 aromatic carbocycles. The molecule has 0 aromatic heterocycles. The van der Waals surface area contributed by atoms with E-state index in [9.17, 15) is 4.79 Å². The molecule has 0 spiro atoms. The fraction of sp³-hybridized carbons (Fsp3) is 0.588. The van der Waals surface area contributed by atoms with E-state index < -0.39 is 0 Å². The molecule has 1 unspecified atom stereocenters. The second kappa shape index (κ2) is 9.82. The van der Waals surface area contributed by atoms with E-state index in [1.807, 2.05) is 6.07 Å². The summed E-state index contributed by atoms with van der Waals surface area (Å²) in [5.41, 5.74) is 1.30. The van der Waals surface area contributed by atoms with Gasteiger partial charge in [-0.05, 0) is 45.5 Å². The quantitative estimate of drug-likeness (QED) is 0.841. The highest BCUT2D eigenvalue weighted by molar-refractivity contribution is 5.85. The maximum atomic E-state index is 12.2. The molecule has 1 heterocycles. The Bertz CT molecular complexity index is 435. The Kier molecular flexibility index (Phi) is 8.46.